The van der Waals surface area contributed by atoms with Gasteiger partial charge in [0.2, 0.25) is 0 Å². The molecule has 1 aromatic carbocycles. The smallest absolute Gasteiger partial charge is 0.387 e. The molecule has 0 bridgehead atoms. The number of benzene rings is 1. The molecule has 1 atom stereocenters. The van der Waals surface area contributed by atoms with Crippen molar-refractivity contribution in [1.82, 2.24) is 5.32 Å². The van der Waals surface area contributed by atoms with E-state index >= 15 is 0 Å². The number of halogens is 3. The van der Waals surface area contributed by atoms with Crippen LogP contribution in [0.25, 0.3) is 6.08 Å². The quantitative estimate of drug-likeness (QED) is 0.761. The molecule has 0 spiro atoms. The number of ether oxygens (including phenoxy) is 1. The molecule has 112 valence electrons. The zero-order valence-corrected chi connectivity index (χ0v) is 13.5. The maximum atomic E-state index is 12.4. The maximum Gasteiger partial charge on any atom is 0.387 e. The van der Waals surface area contributed by atoms with Crippen molar-refractivity contribution in [3.05, 3.63) is 33.8 Å². The number of hydrogen-bond donors (Lipinski definition) is 1. The molecule has 0 aliphatic rings. The van der Waals surface area contributed by atoms with Gasteiger partial charge in [-0.05, 0) is 45.0 Å². The van der Waals surface area contributed by atoms with Gasteiger partial charge in [-0.2, -0.15) is 8.78 Å². The summed E-state index contributed by atoms with van der Waals surface area (Å²) in [6.07, 6.45) is 2.92. The second kappa shape index (κ2) is 8.37. The molecule has 0 aliphatic carbocycles. The lowest BCUT2D eigenvalue weighted by atomic mass is 10.1. The normalized spacial score (nSPS) is 13.7. The van der Waals surface area contributed by atoms with E-state index in [-0.39, 0.29) is 11.8 Å². The zero-order valence-electron chi connectivity index (χ0n) is 11.9. The topological polar surface area (TPSA) is 21.3 Å². The van der Waals surface area contributed by atoms with E-state index in [1.165, 1.54) is 0 Å². The summed E-state index contributed by atoms with van der Waals surface area (Å²) in [5.74, 6) is 0.185. The summed E-state index contributed by atoms with van der Waals surface area (Å²) in [7, 11) is 0. The second-order valence-electron chi connectivity index (χ2n) is 4.62. The second-order valence-corrected chi connectivity index (χ2v) is 5.54. The van der Waals surface area contributed by atoms with E-state index in [9.17, 15) is 8.78 Å². The molecule has 0 aliphatic heterocycles. The lowest BCUT2D eigenvalue weighted by molar-refractivity contribution is -0.0500. The third-order valence-electron chi connectivity index (χ3n) is 2.95. The summed E-state index contributed by atoms with van der Waals surface area (Å²) in [5, 5.41) is 3.36. The Balaban J connectivity index is 2.96. The molecule has 2 nitrogen and oxygen atoms in total. The van der Waals surface area contributed by atoms with Gasteiger partial charge in [0.1, 0.15) is 5.75 Å². The molecule has 0 fully saturated rings. The van der Waals surface area contributed by atoms with Crippen molar-refractivity contribution in [1.29, 1.82) is 0 Å². The van der Waals surface area contributed by atoms with Crippen molar-refractivity contribution in [2.24, 2.45) is 0 Å². The Labute approximate surface area is 127 Å². The molecule has 0 amide bonds. The molecule has 0 heterocycles. The average molecular weight is 348 g/mol. The van der Waals surface area contributed by atoms with Crippen molar-refractivity contribution >= 4 is 22.0 Å². The molecule has 5 heteroatoms. The van der Waals surface area contributed by atoms with E-state index in [4.69, 9.17) is 0 Å². The molecule has 0 saturated carbocycles. The number of nitrogens with one attached hydrogen (secondary N) is 1. The van der Waals surface area contributed by atoms with Crippen LogP contribution in [-0.2, 0) is 0 Å². The molecule has 1 rings (SSSR count). The monoisotopic (exact) mass is 347 g/mol. The van der Waals surface area contributed by atoms with Crippen molar-refractivity contribution in [2.75, 3.05) is 6.54 Å². The molecule has 1 N–H and O–H groups in total. The molecular weight excluding hydrogens is 328 g/mol. The van der Waals surface area contributed by atoms with Gasteiger partial charge in [0.05, 0.1) is 0 Å². The largest absolute Gasteiger partial charge is 0.434 e. The van der Waals surface area contributed by atoms with Crippen LogP contribution in [0.2, 0.25) is 0 Å². The van der Waals surface area contributed by atoms with Gasteiger partial charge in [0.15, 0.2) is 0 Å². The van der Waals surface area contributed by atoms with Crippen molar-refractivity contribution < 1.29 is 13.5 Å². The number of hydrogen-bond acceptors (Lipinski definition) is 2. The van der Waals surface area contributed by atoms with Crippen LogP contribution in [-0.4, -0.2) is 19.2 Å². The van der Waals surface area contributed by atoms with E-state index in [0.717, 1.165) is 23.0 Å². The molecule has 0 radical (unpaired) electrons. The van der Waals surface area contributed by atoms with Crippen LogP contribution in [0.5, 0.6) is 5.75 Å². The van der Waals surface area contributed by atoms with Gasteiger partial charge in [0, 0.05) is 16.1 Å². The maximum absolute atomic E-state index is 12.4. The van der Waals surface area contributed by atoms with E-state index < -0.39 is 6.61 Å². The predicted octanol–water partition coefficient (Wildman–Crippen LogP) is 4.84. The van der Waals surface area contributed by atoms with Crippen LogP contribution < -0.4 is 10.1 Å². The van der Waals surface area contributed by atoms with E-state index in [2.05, 4.69) is 32.9 Å². The summed E-state index contributed by atoms with van der Waals surface area (Å²) in [4.78, 5) is 0. The average Bonchev–Trinajstić information content (AvgIpc) is 2.38. The highest BCUT2D eigenvalue weighted by Gasteiger charge is 2.10. The zero-order chi connectivity index (χ0) is 15.1. The van der Waals surface area contributed by atoms with Crippen LogP contribution in [0.3, 0.4) is 0 Å². The first-order chi connectivity index (χ1) is 9.43. The van der Waals surface area contributed by atoms with Crippen molar-refractivity contribution in [3.8, 4) is 5.75 Å². The van der Waals surface area contributed by atoms with Gasteiger partial charge >= 0.3 is 6.61 Å². The van der Waals surface area contributed by atoms with Crippen LogP contribution in [0.15, 0.2) is 28.2 Å². The standard InChI is InChI=1S/C15H20BrF2NO/c1-4-7-19-11(3)10(2)8-12-9-13(16)5-6-14(12)20-15(17)18/h5-6,8-9,11,15,19H,4,7H2,1-3H3/b10-8+. The van der Waals surface area contributed by atoms with Crippen molar-refractivity contribution in [3.63, 3.8) is 0 Å². The summed E-state index contributed by atoms with van der Waals surface area (Å²) >= 11 is 3.34. The Morgan fingerprint density at radius 1 is 1.45 bits per heavy atom. The highest BCUT2D eigenvalue weighted by Crippen LogP contribution is 2.27. The molecule has 1 unspecified atom stereocenters. The summed E-state index contributed by atoms with van der Waals surface area (Å²) in [6.45, 7) is 4.22. The molecule has 0 aromatic heterocycles. The minimum absolute atomic E-state index is 0.185. The van der Waals surface area contributed by atoms with Gasteiger partial charge < -0.3 is 10.1 Å². The Morgan fingerprint density at radius 2 is 2.15 bits per heavy atom. The Morgan fingerprint density at radius 3 is 2.75 bits per heavy atom. The molecule has 0 saturated heterocycles. The Bertz CT molecular complexity index is 463. The minimum Gasteiger partial charge on any atom is -0.434 e. The van der Waals surface area contributed by atoms with Crippen LogP contribution in [0.1, 0.15) is 32.8 Å². The van der Waals surface area contributed by atoms with Gasteiger partial charge in [-0.1, -0.05) is 34.5 Å². The van der Waals surface area contributed by atoms with Crippen molar-refractivity contribution in [2.45, 2.75) is 39.8 Å². The number of rotatable bonds is 7. The van der Waals surface area contributed by atoms with E-state index in [1.54, 1.807) is 18.2 Å². The molecular formula is C15H20BrF2NO. The highest BCUT2D eigenvalue weighted by molar-refractivity contribution is 9.10. The third kappa shape index (κ3) is 5.59. The predicted molar refractivity (Wildman–Crippen MR) is 82.2 cm³/mol. The van der Waals surface area contributed by atoms with Gasteiger partial charge in [-0.3, -0.25) is 0 Å². The summed E-state index contributed by atoms with van der Waals surface area (Å²) < 4.78 is 30.2. The first-order valence-corrected chi connectivity index (χ1v) is 7.39. The summed E-state index contributed by atoms with van der Waals surface area (Å²) in [6, 6.07) is 5.18. The van der Waals surface area contributed by atoms with Crippen LogP contribution in [0.4, 0.5) is 8.78 Å². The lowest BCUT2D eigenvalue weighted by Crippen LogP contribution is -2.27. The van der Waals surface area contributed by atoms with Crippen LogP contribution >= 0.6 is 15.9 Å². The minimum atomic E-state index is -2.82. The third-order valence-corrected chi connectivity index (χ3v) is 3.45. The Kier molecular flexibility index (Phi) is 7.16. The first-order valence-electron chi connectivity index (χ1n) is 6.60. The fraction of sp³-hybridized carbons (Fsp3) is 0.467. The fourth-order valence-electron chi connectivity index (χ4n) is 1.73. The fourth-order valence-corrected chi connectivity index (χ4v) is 2.11. The van der Waals surface area contributed by atoms with E-state index in [0.29, 0.717) is 5.56 Å². The molecule has 20 heavy (non-hydrogen) atoms. The summed E-state index contributed by atoms with van der Waals surface area (Å²) in [5.41, 5.74) is 1.71. The highest BCUT2D eigenvalue weighted by atomic mass is 79.9. The van der Waals surface area contributed by atoms with Gasteiger partial charge in [0.25, 0.3) is 0 Å². The van der Waals surface area contributed by atoms with E-state index in [1.807, 2.05) is 19.9 Å². The van der Waals surface area contributed by atoms with Crippen LogP contribution in [0, 0.1) is 0 Å². The van der Waals surface area contributed by atoms with Gasteiger partial charge in [-0.15, -0.1) is 0 Å². The Hall–Kier alpha value is -0.940. The molecule has 1 aromatic rings. The lowest BCUT2D eigenvalue weighted by Gasteiger charge is -2.15. The number of alkyl halides is 2. The van der Waals surface area contributed by atoms with Gasteiger partial charge in [-0.25, -0.2) is 0 Å². The first kappa shape index (κ1) is 17.1. The SMILES string of the molecule is CCCNC(C)/C(C)=C/c1cc(Br)ccc1OC(F)F.